The Morgan fingerprint density at radius 1 is 0.328 bits per heavy atom. The molecule has 0 saturated heterocycles. The molecule has 0 atom stereocenters. The van der Waals surface area contributed by atoms with E-state index in [4.69, 9.17) is 0 Å². The van der Waals surface area contributed by atoms with Gasteiger partial charge in [-0.3, -0.25) is 9.59 Å². The predicted octanol–water partition coefficient (Wildman–Crippen LogP) is 12.2. The van der Waals surface area contributed by atoms with Crippen molar-refractivity contribution in [3.63, 3.8) is 0 Å². The molecule has 0 radical (unpaired) electrons. The van der Waals surface area contributed by atoms with Crippen LogP contribution in [0.1, 0.15) is 133 Å². The molecule has 0 spiro atoms. The van der Waals surface area contributed by atoms with Crippen molar-refractivity contribution in [1.82, 2.24) is 0 Å². The van der Waals surface area contributed by atoms with Crippen molar-refractivity contribution in [3.05, 3.63) is 246 Å². The van der Waals surface area contributed by atoms with Gasteiger partial charge in [-0.2, -0.15) is 26.3 Å². The molecule has 0 aromatic heterocycles. The van der Waals surface area contributed by atoms with Crippen molar-refractivity contribution < 1.29 is 35.9 Å². The summed E-state index contributed by atoms with van der Waals surface area (Å²) in [6, 6.07) is 40.2. The fourth-order valence-corrected chi connectivity index (χ4v) is 10.5. The van der Waals surface area contributed by atoms with Gasteiger partial charge < -0.3 is 0 Å². The van der Waals surface area contributed by atoms with E-state index >= 15 is 9.59 Å². The summed E-state index contributed by atoms with van der Waals surface area (Å²) in [7, 11) is 0. The zero-order valence-electron chi connectivity index (χ0n) is 30.3. The van der Waals surface area contributed by atoms with E-state index in [9.17, 15) is 26.3 Å². The average molecular weight is 775 g/mol. The van der Waals surface area contributed by atoms with Crippen molar-refractivity contribution in [2.24, 2.45) is 0 Å². The second-order valence-electron chi connectivity index (χ2n) is 15.5. The minimum atomic E-state index is -4.61. The smallest absolute Gasteiger partial charge is 0.289 e. The molecule has 0 amide bonds. The molecular weight excluding hydrogens is 747 g/mol. The van der Waals surface area contributed by atoms with Crippen LogP contribution < -0.4 is 0 Å². The molecule has 2 nitrogen and oxygen atoms in total. The first-order chi connectivity index (χ1) is 27.9. The third-order valence-electron chi connectivity index (χ3n) is 12.7. The van der Waals surface area contributed by atoms with Gasteiger partial charge in [-0.1, -0.05) is 121 Å². The molecule has 58 heavy (non-hydrogen) atoms. The van der Waals surface area contributed by atoms with Gasteiger partial charge in [-0.15, -0.1) is 0 Å². The summed E-state index contributed by atoms with van der Waals surface area (Å²) in [6.45, 7) is 0. The Morgan fingerprint density at radius 3 is 0.724 bits per heavy atom. The van der Waals surface area contributed by atoms with Crippen LogP contribution in [0.25, 0.3) is 0 Å². The van der Waals surface area contributed by atoms with Crippen molar-refractivity contribution in [3.8, 4) is 0 Å². The quantitative estimate of drug-likeness (QED) is 0.132. The summed E-state index contributed by atoms with van der Waals surface area (Å²) >= 11 is 0. The Labute approximate surface area is 328 Å². The fourth-order valence-electron chi connectivity index (χ4n) is 10.5. The lowest BCUT2D eigenvalue weighted by Crippen LogP contribution is -2.38. The molecule has 8 heteroatoms. The standard InChI is InChI=1S/C50H28F6O2/c51-49(52,53)27-21-17-25(18-22-27)47(57)45-41-37-29-9-1-2-10-30(29)38(32-12-4-3-11-31(32)37)42(41)46(48(58)26-19-23-28(24-20-26)50(54,55)56)44-40-35-15-7-5-13-33(35)39(43(44)45)34-14-6-8-16-36(34)40/h1-24,37-40H. The van der Waals surface area contributed by atoms with Gasteiger partial charge >= 0.3 is 12.4 Å². The van der Waals surface area contributed by atoms with E-state index in [1.165, 1.54) is 24.3 Å². The zero-order valence-corrected chi connectivity index (χ0v) is 30.3. The van der Waals surface area contributed by atoms with Gasteiger partial charge in [0.1, 0.15) is 0 Å². The Bertz CT molecular complexity index is 2500. The highest BCUT2D eigenvalue weighted by atomic mass is 19.4. The largest absolute Gasteiger partial charge is 0.416 e. The lowest BCUT2D eigenvalue weighted by molar-refractivity contribution is -0.138. The van der Waals surface area contributed by atoms with Crippen LogP contribution in [-0.4, -0.2) is 11.6 Å². The number of carbonyl (C=O) groups is 2. The van der Waals surface area contributed by atoms with Gasteiger partial charge in [0.15, 0.2) is 11.6 Å². The Hall–Kier alpha value is -6.54. The number of rotatable bonds is 4. The predicted molar refractivity (Wildman–Crippen MR) is 206 cm³/mol. The molecule has 0 saturated carbocycles. The summed E-state index contributed by atoms with van der Waals surface area (Å²) in [5.41, 5.74) is 9.18. The molecule has 7 aromatic carbocycles. The third-order valence-corrected chi connectivity index (χ3v) is 12.7. The monoisotopic (exact) mass is 774 g/mol. The first-order valence-corrected chi connectivity index (χ1v) is 19.0. The van der Waals surface area contributed by atoms with E-state index in [-0.39, 0.29) is 11.1 Å². The maximum Gasteiger partial charge on any atom is 0.416 e. The summed E-state index contributed by atoms with van der Waals surface area (Å²) in [6.07, 6.45) is -9.22. The molecule has 282 valence electrons. The molecule has 0 N–H and O–H groups in total. The van der Waals surface area contributed by atoms with Crippen molar-refractivity contribution in [2.45, 2.75) is 36.0 Å². The molecule has 0 heterocycles. The van der Waals surface area contributed by atoms with E-state index < -0.39 is 58.7 Å². The van der Waals surface area contributed by atoms with Crippen LogP contribution in [0.4, 0.5) is 26.3 Å². The van der Waals surface area contributed by atoms with Crippen LogP contribution in [-0.2, 0) is 12.4 Å². The normalized spacial score (nSPS) is 19.0. The molecule has 0 fully saturated rings. The molecular formula is C50H28F6O2. The number of carbonyl (C=O) groups excluding carboxylic acids is 2. The van der Waals surface area contributed by atoms with E-state index in [0.29, 0.717) is 33.4 Å². The van der Waals surface area contributed by atoms with Crippen LogP contribution in [0.15, 0.2) is 146 Å². The van der Waals surface area contributed by atoms with Gasteiger partial charge in [0, 0.05) is 45.9 Å². The third kappa shape index (κ3) is 4.68. The first-order valence-electron chi connectivity index (χ1n) is 19.0. The number of benzene rings is 7. The Morgan fingerprint density at radius 2 is 0.534 bits per heavy atom. The average Bonchev–Trinajstić information content (AvgIpc) is 3.24. The fraction of sp³-hybridized carbons (Fsp3) is 0.120. The second-order valence-corrected chi connectivity index (χ2v) is 15.5. The Kier molecular flexibility index (Phi) is 7.17. The van der Waals surface area contributed by atoms with Gasteiger partial charge in [0.05, 0.1) is 11.1 Å². The lowest BCUT2D eigenvalue weighted by Gasteiger charge is -2.49. The van der Waals surface area contributed by atoms with Gasteiger partial charge in [0.2, 0.25) is 0 Å². The molecule has 4 bridgehead atoms. The summed E-state index contributed by atoms with van der Waals surface area (Å²) in [5, 5.41) is 0. The topological polar surface area (TPSA) is 34.1 Å². The highest BCUT2D eigenvalue weighted by Gasteiger charge is 2.52. The highest BCUT2D eigenvalue weighted by molar-refractivity contribution is 6.17. The molecule has 7 aromatic rings. The minimum Gasteiger partial charge on any atom is -0.289 e. The second kappa shape index (κ2) is 12.0. The molecule has 0 aliphatic heterocycles. The lowest BCUT2D eigenvalue weighted by atomic mass is 9.52. The van der Waals surface area contributed by atoms with Gasteiger partial charge in [-0.25, -0.2) is 0 Å². The highest BCUT2D eigenvalue weighted by Crippen LogP contribution is 2.64. The number of halogens is 6. The molecule has 6 aliphatic rings. The van der Waals surface area contributed by atoms with Crippen molar-refractivity contribution >= 4 is 11.6 Å². The number of alkyl halides is 6. The molecule has 6 aliphatic carbocycles. The van der Waals surface area contributed by atoms with Gasteiger partial charge in [0.25, 0.3) is 0 Å². The van der Waals surface area contributed by atoms with Crippen LogP contribution in [0.3, 0.4) is 0 Å². The van der Waals surface area contributed by atoms with Crippen LogP contribution in [0, 0.1) is 0 Å². The van der Waals surface area contributed by atoms with Crippen LogP contribution in [0.2, 0.25) is 0 Å². The first kappa shape index (κ1) is 34.7. The van der Waals surface area contributed by atoms with Crippen LogP contribution in [0.5, 0.6) is 0 Å². The van der Waals surface area contributed by atoms with E-state index in [0.717, 1.165) is 68.8 Å². The van der Waals surface area contributed by atoms with Gasteiger partial charge in [-0.05, 0) is 91.0 Å². The molecule has 0 unspecified atom stereocenters. The van der Waals surface area contributed by atoms with Crippen molar-refractivity contribution in [1.29, 1.82) is 0 Å². The molecule has 13 rings (SSSR count). The van der Waals surface area contributed by atoms with Crippen molar-refractivity contribution in [2.75, 3.05) is 0 Å². The summed E-state index contributed by atoms with van der Waals surface area (Å²) < 4.78 is 83.0. The maximum atomic E-state index is 15.6. The Balaban J connectivity index is 1.30. The number of hydrogen-bond donors (Lipinski definition) is 0. The summed E-state index contributed by atoms with van der Waals surface area (Å²) in [4.78, 5) is 31.1. The van der Waals surface area contributed by atoms with E-state index in [1.807, 2.05) is 97.1 Å². The number of hydrogen-bond acceptors (Lipinski definition) is 2. The minimum absolute atomic E-state index is 0.0743. The van der Waals surface area contributed by atoms with E-state index in [1.54, 1.807) is 0 Å². The summed E-state index contributed by atoms with van der Waals surface area (Å²) in [5.74, 6) is -3.04. The number of ketones is 2. The maximum absolute atomic E-state index is 15.6. The SMILES string of the molecule is O=C(c1ccc(C(F)(F)F)cc1)c1c2c(c(C(=O)c3ccc(C(F)(F)F)cc3)c3c1C1c4ccccc4C3c3ccccc31)C1c3ccccc3C2c2ccccc21. The van der Waals surface area contributed by atoms with E-state index in [2.05, 4.69) is 0 Å². The van der Waals surface area contributed by atoms with Crippen LogP contribution >= 0.6 is 0 Å². The zero-order chi connectivity index (χ0) is 39.8.